The lowest BCUT2D eigenvalue weighted by atomic mass is 10.2. The van der Waals surface area contributed by atoms with E-state index in [2.05, 4.69) is 5.32 Å². The third-order valence-corrected chi connectivity index (χ3v) is 2.85. The van der Waals surface area contributed by atoms with Crippen LogP contribution in [-0.4, -0.2) is 22.6 Å². The molecule has 0 bridgehead atoms. The molecule has 0 saturated carbocycles. The summed E-state index contributed by atoms with van der Waals surface area (Å²) in [4.78, 5) is 0.0118. The van der Waals surface area contributed by atoms with Crippen LogP contribution in [0.3, 0.4) is 0 Å². The van der Waals surface area contributed by atoms with Crippen LogP contribution in [0.2, 0.25) is 0 Å². The van der Waals surface area contributed by atoms with Gasteiger partial charge in [-0.3, -0.25) is 0 Å². The van der Waals surface area contributed by atoms with Gasteiger partial charge in [-0.25, -0.2) is 13.6 Å². The van der Waals surface area contributed by atoms with E-state index < -0.39 is 10.0 Å². The summed E-state index contributed by atoms with van der Waals surface area (Å²) < 4.78 is 27.4. The molecule has 1 aromatic carbocycles. The molecule has 0 radical (unpaired) electrons. The first-order valence-corrected chi connectivity index (χ1v) is 5.88. The summed E-state index contributed by atoms with van der Waals surface area (Å²) in [7, 11) is -0.556. The summed E-state index contributed by atoms with van der Waals surface area (Å²) in [6, 6.07) is 4.88. The summed E-state index contributed by atoms with van der Waals surface area (Å²) in [5, 5.41) is 7.99. The highest BCUT2D eigenvalue weighted by atomic mass is 32.2. The number of hydrogen-bond donors (Lipinski definition) is 2. The maximum atomic E-state index is 11.2. The first-order valence-electron chi connectivity index (χ1n) is 4.33. The summed E-state index contributed by atoms with van der Waals surface area (Å²) >= 11 is 0. The molecular weight excluding hydrogens is 216 g/mol. The summed E-state index contributed by atoms with van der Waals surface area (Å²) in [6.07, 6.45) is 0. The third kappa shape index (κ3) is 2.92. The Morgan fingerprint density at radius 2 is 2.13 bits per heavy atom. The van der Waals surface area contributed by atoms with Gasteiger partial charge in [-0.05, 0) is 24.7 Å². The van der Waals surface area contributed by atoms with Gasteiger partial charge in [-0.15, -0.1) is 0 Å². The van der Waals surface area contributed by atoms with E-state index in [1.807, 2.05) is 0 Å². The minimum atomic E-state index is -3.74. The van der Waals surface area contributed by atoms with Crippen LogP contribution < -0.4 is 15.2 Å². The van der Waals surface area contributed by atoms with E-state index in [9.17, 15) is 8.42 Å². The molecule has 6 heteroatoms. The van der Waals surface area contributed by atoms with Crippen LogP contribution in [0.1, 0.15) is 5.56 Å². The highest BCUT2D eigenvalue weighted by Gasteiger charge is 2.15. The van der Waals surface area contributed by atoms with Crippen molar-refractivity contribution in [2.75, 3.05) is 14.2 Å². The van der Waals surface area contributed by atoms with E-state index in [1.54, 1.807) is 19.2 Å². The molecule has 15 heavy (non-hydrogen) atoms. The Labute approximate surface area is 89.3 Å². The largest absolute Gasteiger partial charge is 0.495 e. The number of benzene rings is 1. The average molecular weight is 230 g/mol. The molecule has 0 aliphatic carbocycles. The van der Waals surface area contributed by atoms with Gasteiger partial charge in [-0.2, -0.15) is 0 Å². The zero-order chi connectivity index (χ0) is 11.5. The Hall–Kier alpha value is -1.11. The van der Waals surface area contributed by atoms with E-state index in [-0.39, 0.29) is 10.6 Å². The normalized spacial score (nSPS) is 11.4. The molecule has 1 aromatic rings. The number of primary sulfonamides is 1. The molecule has 84 valence electrons. The fraction of sp³-hybridized carbons (Fsp3) is 0.333. The zero-order valence-corrected chi connectivity index (χ0v) is 9.47. The standard InChI is InChI=1S/C9H14N2O3S/c1-11-6-7-3-4-8(14-2)9(5-7)15(10,12)13/h3-5,11H,6H2,1-2H3,(H2,10,12,13). The van der Waals surface area contributed by atoms with E-state index in [0.717, 1.165) is 5.56 Å². The molecule has 0 unspecified atom stereocenters. The van der Waals surface area contributed by atoms with E-state index in [4.69, 9.17) is 9.88 Å². The molecule has 5 nitrogen and oxygen atoms in total. The SMILES string of the molecule is CNCc1ccc(OC)c(S(N)(=O)=O)c1. The Kier molecular flexibility index (Phi) is 3.67. The smallest absolute Gasteiger partial charge is 0.241 e. The molecule has 0 heterocycles. The monoisotopic (exact) mass is 230 g/mol. The Morgan fingerprint density at radius 1 is 1.47 bits per heavy atom. The summed E-state index contributed by atoms with van der Waals surface area (Å²) in [5.74, 6) is 0.261. The molecule has 0 aliphatic rings. The van der Waals surface area contributed by atoms with Gasteiger partial charge >= 0.3 is 0 Å². The molecule has 0 spiro atoms. The average Bonchev–Trinajstić information content (AvgIpc) is 2.17. The van der Waals surface area contributed by atoms with Gasteiger partial charge in [0.1, 0.15) is 10.6 Å². The van der Waals surface area contributed by atoms with Crippen LogP contribution in [0, 0.1) is 0 Å². The van der Waals surface area contributed by atoms with Gasteiger partial charge < -0.3 is 10.1 Å². The molecule has 0 saturated heterocycles. The zero-order valence-electron chi connectivity index (χ0n) is 8.65. The lowest BCUT2D eigenvalue weighted by Crippen LogP contribution is -2.14. The van der Waals surface area contributed by atoms with Gasteiger partial charge in [0.25, 0.3) is 0 Å². The molecule has 0 aliphatic heterocycles. The fourth-order valence-corrected chi connectivity index (χ4v) is 2.00. The summed E-state index contributed by atoms with van der Waals surface area (Å²) in [5.41, 5.74) is 0.835. The summed E-state index contributed by atoms with van der Waals surface area (Å²) in [6.45, 7) is 0.576. The first-order chi connectivity index (χ1) is 6.99. The number of nitrogens with two attached hydrogens (primary N) is 1. The van der Waals surface area contributed by atoms with Crippen molar-refractivity contribution in [3.63, 3.8) is 0 Å². The number of nitrogens with one attached hydrogen (secondary N) is 1. The number of rotatable bonds is 4. The molecule has 0 amide bonds. The van der Waals surface area contributed by atoms with Crippen LogP contribution in [0.15, 0.2) is 23.1 Å². The molecular formula is C9H14N2O3S. The van der Waals surface area contributed by atoms with Crippen LogP contribution in [0.25, 0.3) is 0 Å². The maximum Gasteiger partial charge on any atom is 0.241 e. The van der Waals surface area contributed by atoms with Crippen LogP contribution in [0.4, 0.5) is 0 Å². The number of ether oxygens (including phenoxy) is 1. The Balaban J connectivity index is 3.26. The second-order valence-corrected chi connectivity index (χ2v) is 4.59. The predicted molar refractivity (Wildman–Crippen MR) is 57.1 cm³/mol. The second-order valence-electron chi connectivity index (χ2n) is 3.06. The number of hydrogen-bond acceptors (Lipinski definition) is 4. The Bertz CT molecular complexity index is 443. The topological polar surface area (TPSA) is 81.4 Å². The molecule has 1 rings (SSSR count). The Morgan fingerprint density at radius 3 is 2.60 bits per heavy atom. The van der Waals surface area contributed by atoms with Crippen molar-refractivity contribution in [1.82, 2.24) is 5.32 Å². The van der Waals surface area contributed by atoms with Gasteiger partial charge in [0.2, 0.25) is 10.0 Å². The predicted octanol–water partition coefficient (Wildman–Crippen LogP) is 0.0620. The highest BCUT2D eigenvalue weighted by molar-refractivity contribution is 7.89. The molecule has 0 aromatic heterocycles. The number of methoxy groups -OCH3 is 1. The number of sulfonamides is 1. The molecule has 0 fully saturated rings. The van der Waals surface area contributed by atoms with E-state index in [0.29, 0.717) is 6.54 Å². The van der Waals surface area contributed by atoms with Crippen molar-refractivity contribution in [1.29, 1.82) is 0 Å². The van der Waals surface area contributed by atoms with E-state index >= 15 is 0 Å². The molecule has 3 N–H and O–H groups in total. The second kappa shape index (κ2) is 4.61. The van der Waals surface area contributed by atoms with Gasteiger partial charge in [0.15, 0.2) is 0 Å². The minimum Gasteiger partial charge on any atom is -0.495 e. The minimum absolute atomic E-state index is 0.0118. The van der Waals surface area contributed by atoms with Crippen LogP contribution in [0.5, 0.6) is 5.75 Å². The van der Waals surface area contributed by atoms with Crippen molar-refractivity contribution in [3.05, 3.63) is 23.8 Å². The van der Waals surface area contributed by atoms with Crippen molar-refractivity contribution in [3.8, 4) is 5.75 Å². The highest BCUT2D eigenvalue weighted by Crippen LogP contribution is 2.23. The van der Waals surface area contributed by atoms with Crippen molar-refractivity contribution in [2.45, 2.75) is 11.4 Å². The van der Waals surface area contributed by atoms with E-state index in [1.165, 1.54) is 13.2 Å². The quantitative estimate of drug-likeness (QED) is 0.766. The maximum absolute atomic E-state index is 11.2. The van der Waals surface area contributed by atoms with Gasteiger partial charge in [0.05, 0.1) is 7.11 Å². The lowest BCUT2D eigenvalue weighted by Gasteiger charge is -2.08. The van der Waals surface area contributed by atoms with Crippen molar-refractivity contribution in [2.24, 2.45) is 5.14 Å². The molecule has 0 atom stereocenters. The first kappa shape index (κ1) is 12.0. The van der Waals surface area contributed by atoms with Gasteiger partial charge in [0, 0.05) is 6.54 Å². The van der Waals surface area contributed by atoms with Crippen molar-refractivity contribution < 1.29 is 13.2 Å². The lowest BCUT2D eigenvalue weighted by molar-refractivity contribution is 0.402. The van der Waals surface area contributed by atoms with Crippen molar-refractivity contribution >= 4 is 10.0 Å². The van der Waals surface area contributed by atoms with Crippen LogP contribution >= 0.6 is 0 Å². The fourth-order valence-electron chi connectivity index (χ4n) is 1.26. The van der Waals surface area contributed by atoms with Gasteiger partial charge in [-0.1, -0.05) is 6.07 Å². The third-order valence-electron chi connectivity index (χ3n) is 1.92. The van der Waals surface area contributed by atoms with Crippen LogP contribution in [-0.2, 0) is 16.6 Å².